The molecule has 1 aliphatic heterocycles. The Bertz CT molecular complexity index is 946. The zero-order valence-corrected chi connectivity index (χ0v) is 16.1. The van der Waals surface area contributed by atoms with Crippen molar-refractivity contribution < 1.29 is 4.79 Å². The molecule has 1 aromatic heterocycles. The Labute approximate surface area is 170 Å². The fraction of sp³-hybridized carbons (Fsp3) is 0.208. The van der Waals surface area contributed by atoms with Crippen LogP contribution in [0.15, 0.2) is 85.2 Å². The monoisotopic (exact) mass is 382 g/mol. The molecule has 1 saturated heterocycles. The third kappa shape index (κ3) is 4.03. The maximum absolute atomic E-state index is 12.9. The van der Waals surface area contributed by atoms with Crippen molar-refractivity contribution in [1.29, 1.82) is 5.26 Å². The zero-order valence-electron chi connectivity index (χ0n) is 16.1. The van der Waals surface area contributed by atoms with Crippen LogP contribution in [0.25, 0.3) is 0 Å². The lowest BCUT2D eigenvalue weighted by Gasteiger charge is -2.42. The standard InChI is InChI=1S/C24H22N4O/c25-16-22-18-27(14-15-28(22)24(29)21-12-7-13-26-17-21)23(19-8-3-1-4-9-19)20-10-5-2-6-11-20/h1-13,17,22-23H,14-15,18H2. The van der Waals surface area contributed by atoms with Gasteiger partial charge in [-0.2, -0.15) is 5.26 Å². The van der Waals surface area contributed by atoms with Crippen molar-refractivity contribution in [3.8, 4) is 6.07 Å². The van der Waals surface area contributed by atoms with Gasteiger partial charge in [-0.15, -0.1) is 0 Å². The topological polar surface area (TPSA) is 60.2 Å². The number of amides is 1. The highest BCUT2D eigenvalue weighted by atomic mass is 16.2. The third-order valence-electron chi connectivity index (χ3n) is 5.33. The van der Waals surface area contributed by atoms with Gasteiger partial charge in [0.2, 0.25) is 0 Å². The van der Waals surface area contributed by atoms with E-state index in [4.69, 9.17) is 0 Å². The average Bonchev–Trinajstić information content (AvgIpc) is 2.81. The van der Waals surface area contributed by atoms with Gasteiger partial charge < -0.3 is 4.90 Å². The Kier molecular flexibility index (Phi) is 5.64. The Morgan fingerprint density at radius 2 is 1.62 bits per heavy atom. The quantitative estimate of drug-likeness (QED) is 0.693. The van der Waals surface area contributed by atoms with Crippen LogP contribution in [0.1, 0.15) is 27.5 Å². The van der Waals surface area contributed by atoms with Gasteiger partial charge >= 0.3 is 0 Å². The van der Waals surface area contributed by atoms with E-state index in [-0.39, 0.29) is 11.9 Å². The van der Waals surface area contributed by atoms with Crippen molar-refractivity contribution in [3.05, 3.63) is 102 Å². The van der Waals surface area contributed by atoms with Crippen LogP contribution in [-0.2, 0) is 0 Å². The second kappa shape index (κ2) is 8.68. The predicted molar refractivity (Wildman–Crippen MR) is 111 cm³/mol. The first-order chi connectivity index (χ1) is 14.3. The van der Waals surface area contributed by atoms with Crippen LogP contribution in [0.5, 0.6) is 0 Å². The predicted octanol–water partition coefficient (Wildman–Crippen LogP) is 3.52. The minimum Gasteiger partial charge on any atom is -0.320 e. The molecule has 0 bridgehead atoms. The molecule has 29 heavy (non-hydrogen) atoms. The number of nitrogens with zero attached hydrogens (tertiary/aromatic N) is 4. The average molecular weight is 382 g/mol. The fourth-order valence-electron chi connectivity index (χ4n) is 3.93. The molecule has 1 fully saturated rings. The van der Waals surface area contributed by atoms with E-state index in [1.165, 1.54) is 11.1 Å². The first-order valence-electron chi connectivity index (χ1n) is 9.72. The maximum Gasteiger partial charge on any atom is 0.256 e. The Hall–Kier alpha value is -3.49. The molecule has 0 spiro atoms. The highest BCUT2D eigenvalue weighted by Gasteiger charge is 2.35. The van der Waals surface area contributed by atoms with Crippen LogP contribution in [0.4, 0.5) is 0 Å². The van der Waals surface area contributed by atoms with Crippen LogP contribution in [0.3, 0.4) is 0 Å². The molecule has 0 aliphatic carbocycles. The summed E-state index contributed by atoms with van der Waals surface area (Å²) in [4.78, 5) is 20.9. The molecule has 4 rings (SSSR count). The minimum absolute atomic E-state index is 0.0453. The van der Waals surface area contributed by atoms with Gasteiger partial charge in [-0.05, 0) is 23.3 Å². The van der Waals surface area contributed by atoms with Crippen molar-refractivity contribution in [3.63, 3.8) is 0 Å². The van der Waals surface area contributed by atoms with Crippen molar-refractivity contribution in [1.82, 2.24) is 14.8 Å². The summed E-state index contributed by atoms with van der Waals surface area (Å²) in [6.07, 6.45) is 3.20. The first kappa shape index (κ1) is 18.9. The van der Waals surface area contributed by atoms with E-state index >= 15 is 0 Å². The van der Waals surface area contributed by atoms with E-state index in [2.05, 4.69) is 40.2 Å². The van der Waals surface area contributed by atoms with Gasteiger partial charge in [0.05, 0.1) is 17.7 Å². The SMILES string of the molecule is N#CC1CN(C(c2ccccc2)c2ccccc2)CCN1C(=O)c1cccnc1. The normalized spacial score (nSPS) is 17.1. The maximum atomic E-state index is 12.9. The second-order valence-electron chi connectivity index (χ2n) is 7.10. The summed E-state index contributed by atoms with van der Waals surface area (Å²) in [5, 5.41) is 9.81. The molecule has 2 aromatic carbocycles. The van der Waals surface area contributed by atoms with Gasteiger partial charge in [0, 0.05) is 32.0 Å². The van der Waals surface area contributed by atoms with E-state index in [9.17, 15) is 10.1 Å². The Morgan fingerprint density at radius 3 is 2.17 bits per heavy atom. The van der Waals surface area contributed by atoms with Gasteiger partial charge in [-0.25, -0.2) is 0 Å². The second-order valence-corrected chi connectivity index (χ2v) is 7.10. The molecule has 0 N–H and O–H groups in total. The summed E-state index contributed by atoms with van der Waals surface area (Å²) < 4.78 is 0. The van der Waals surface area contributed by atoms with Crippen LogP contribution in [-0.4, -0.2) is 46.4 Å². The number of aromatic nitrogens is 1. The minimum atomic E-state index is -0.508. The highest BCUT2D eigenvalue weighted by Crippen LogP contribution is 2.30. The van der Waals surface area contributed by atoms with Crippen molar-refractivity contribution in [2.45, 2.75) is 12.1 Å². The number of benzene rings is 2. The lowest BCUT2D eigenvalue weighted by atomic mass is 9.95. The highest BCUT2D eigenvalue weighted by molar-refractivity contribution is 5.94. The van der Waals surface area contributed by atoms with Crippen LogP contribution < -0.4 is 0 Å². The number of carbonyl (C=O) groups is 1. The number of nitriles is 1. The summed E-state index contributed by atoms with van der Waals surface area (Å²) >= 11 is 0. The Morgan fingerprint density at radius 1 is 0.966 bits per heavy atom. The van der Waals surface area contributed by atoms with E-state index in [0.717, 1.165) is 0 Å². The van der Waals surface area contributed by atoms with Crippen LogP contribution in [0, 0.1) is 11.3 Å². The number of hydrogen-bond donors (Lipinski definition) is 0. The summed E-state index contributed by atoms with van der Waals surface area (Å²) in [7, 11) is 0. The molecular weight excluding hydrogens is 360 g/mol. The fourth-order valence-corrected chi connectivity index (χ4v) is 3.93. The summed E-state index contributed by atoms with van der Waals surface area (Å²) in [5.41, 5.74) is 2.88. The number of carbonyl (C=O) groups excluding carboxylic acids is 1. The van der Waals surface area contributed by atoms with Gasteiger partial charge in [0.15, 0.2) is 0 Å². The van der Waals surface area contributed by atoms with Crippen molar-refractivity contribution >= 4 is 5.91 Å². The van der Waals surface area contributed by atoms with Gasteiger partial charge in [0.1, 0.15) is 6.04 Å². The molecule has 1 unspecified atom stereocenters. The lowest BCUT2D eigenvalue weighted by molar-refractivity contribution is 0.0493. The molecule has 5 nitrogen and oxygen atoms in total. The molecule has 0 saturated carbocycles. The van der Waals surface area contributed by atoms with Gasteiger partial charge in [-0.3, -0.25) is 14.7 Å². The summed E-state index contributed by atoms with van der Waals surface area (Å²) in [5.74, 6) is -0.139. The molecule has 0 radical (unpaired) electrons. The van der Waals surface area contributed by atoms with Gasteiger partial charge in [0.25, 0.3) is 5.91 Å². The molecule has 144 valence electrons. The largest absolute Gasteiger partial charge is 0.320 e. The van der Waals surface area contributed by atoms with Crippen molar-refractivity contribution in [2.75, 3.05) is 19.6 Å². The van der Waals surface area contributed by atoms with E-state index in [0.29, 0.717) is 25.2 Å². The molecule has 1 aliphatic rings. The molecule has 3 aromatic rings. The number of hydrogen-bond acceptors (Lipinski definition) is 4. The molecule has 5 heteroatoms. The first-order valence-corrected chi connectivity index (χ1v) is 9.72. The lowest BCUT2D eigenvalue weighted by Crippen LogP contribution is -2.55. The summed E-state index contributed by atoms with van der Waals surface area (Å²) in [6, 6.07) is 26.0. The molecule has 2 heterocycles. The smallest absolute Gasteiger partial charge is 0.256 e. The van der Waals surface area contributed by atoms with E-state index in [1.807, 2.05) is 36.4 Å². The zero-order chi connectivity index (χ0) is 20.1. The van der Waals surface area contributed by atoms with Crippen LogP contribution in [0.2, 0.25) is 0 Å². The summed E-state index contributed by atoms with van der Waals surface area (Å²) in [6.45, 7) is 1.69. The molecule has 1 amide bonds. The molecule has 1 atom stereocenters. The number of rotatable bonds is 4. The number of piperazine rings is 1. The number of pyridine rings is 1. The third-order valence-corrected chi connectivity index (χ3v) is 5.33. The van der Waals surface area contributed by atoms with Crippen molar-refractivity contribution in [2.24, 2.45) is 0 Å². The van der Waals surface area contributed by atoms with E-state index in [1.54, 1.807) is 29.4 Å². The Balaban J connectivity index is 1.61. The molecular formula is C24H22N4O. The van der Waals surface area contributed by atoms with Gasteiger partial charge in [-0.1, -0.05) is 60.7 Å². The van der Waals surface area contributed by atoms with Crippen LogP contribution >= 0.6 is 0 Å². The van der Waals surface area contributed by atoms with E-state index < -0.39 is 6.04 Å².